The van der Waals surface area contributed by atoms with E-state index in [1.165, 1.54) is 70.6 Å². The lowest BCUT2D eigenvalue weighted by Gasteiger charge is -2.24. The van der Waals surface area contributed by atoms with Crippen LogP contribution in [0.2, 0.25) is 0 Å². The zero-order valence-electron chi connectivity index (χ0n) is 17.2. The van der Waals surface area contributed by atoms with Gasteiger partial charge in [0.25, 0.3) is 10.1 Å². The van der Waals surface area contributed by atoms with Crippen LogP contribution < -0.4 is 0 Å². The Kier molecular flexibility index (Phi) is 12.9. The molecule has 0 aliphatic heterocycles. The largest absolute Gasteiger partial charge is 0.270 e. The highest BCUT2D eigenvalue weighted by Crippen LogP contribution is 2.31. The highest BCUT2D eigenvalue weighted by Gasteiger charge is 2.16. The zero-order valence-corrected chi connectivity index (χ0v) is 18.8. The maximum atomic E-state index is 11.9. The van der Waals surface area contributed by atoms with Gasteiger partial charge < -0.3 is 0 Å². The Bertz CT molecular complexity index is 565. The molecule has 1 fully saturated rings. The smallest absolute Gasteiger partial charge is 0.264 e. The first-order valence-electron chi connectivity index (χ1n) is 10.8. The van der Waals surface area contributed by atoms with E-state index in [0.29, 0.717) is 6.42 Å². The molecule has 5 nitrogen and oxygen atoms in total. The predicted octanol–water partition coefficient (Wildman–Crippen LogP) is 4.86. The van der Waals surface area contributed by atoms with Gasteiger partial charge in [0.1, 0.15) is 9.84 Å². The molecule has 0 saturated heterocycles. The summed E-state index contributed by atoms with van der Waals surface area (Å²) < 4.78 is 49.9. The van der Waals surface area contributed by atoms with Crippen molar-refractivity contribution in [1.29, 1.82) is 0 Å². The topological polar surface area (TPSA) is 77.5 Å². The van der Waals surface area contributed by atoms with Crippen molar-refractivity contribution in [2.45, 2.75) is 96.3 Å². The van der Waals surface area contributed by atoms with Crippen LogP contribution in [0.5, 0.6) is 0 Å². The van der Waals surface area contributed by atoms with E-state index in [1.54, 1.807) is 0 Å². The first kappa shape index (κ1) is 24.9. The molecule has 27 heavy (non-hydrogen) atoms. The van der Waals surface area contributed by atoms with E-state index in [4.69, 9.17) is 0 Å². The van der Waals surface area contributed by atoms with Gasteiger partial charge in [0.15, 0.2) is 0 Å². The van der Waals surface area contributed by atoms with E-state index in [9.17, 15) is 16.8 Å². The normalized spacial score (nSPS) is 15.7. The second kappa shape index (κ2) is 13.9. The molecule has 7 heteroatoms. The average Bonchev–Trinajstić information content (AvgIpc) is 2.53. The minimum atomic E-state index is -3.48. The molecule has 0 aromatic carbocycles. The fraction of sp³-hybridized carbons (Fsp3) is 1.00. The van der Waals surface area contributed by atoms with Gasteiger partial charge in [0, 0.05) is 0 Å². The Hall–Kier alpha value is -0.140. The van der Waals surface area contributed by atoms with E-state index in [1.807, 2.05) is 0 Å². The van der Waals surface area contributed by atoms with E-state index in [-0.39, 0.29) is 24.5 Å². The molecular weight excluding hydrogens is 384 g/mol. The van der Waals surface area contributed by atoms with E-state index in [2.05, 4.69) is 4.18 Å². The molecule has 0 radical (unpaired) electrons. The number of hydrogen-bond donors (Lipinski definition) is 0. The predicted molar refractivity (Wildman–Crippen MR) is 112 cm³/mol. The fourth-order valence-electron chi connectivity index (χ4n) is 3.54. The molecule has 0 bridgehead atoms. The van der Waals surface area contributed by atoms with Crippen LogP contribution in [0.4, 0.5) is 0 Å². The van der Waals surface area contributed by atoms with Crippen LogP contribution in [0.3, 0.4) is 0 Å². The van der Waals surface area contributed by atoms with Crippen LogP contribution in [-0.4, -0.2) is 41.2 Å². The molecule has 1 saturated carbocycles. The van der Waals surface area contributed by atoms with Gasteiger partial charge in [-0.1, -0.05) is 83.5 Å². The highest BCUT2D eigenvalue weighted by molar-refractivity contribution is 7.91. The molecule has 162 valence electrons. The molecule has 1 aliphatic rings. The van der Waals surface area contributed by atoms with E-state index < -0.39 is 20.0 Å². The van der Waals surface area contributed by atoms with Crippen molar-refractivity contribution < 1.29 is 21.0 Å². The Morgan fingerprint density at radius 3 is 1.67 bits per heavy atom. The van der Waals surface area contributed by atoms with Crippen molar-refractivity contribution in [1.82, 2.24) is 0 Å². The molecule has 0 aromatic heterocycles. The third-order valence-corrected chi connectivity index (χ3v) is 7.86. The SMILES string of the molecule is CS(=O)(=O)OCCCS(=O)(=O)CCCCCCCCCCCCC1CCC1. The summed E-state index contributed by atoms with van der Waals surface area (Å²) in [6.07, 6.45) is 19.1. The molecule has 1 aliphatic carbocycles. The average molecular weight is 425 g/mol. The standard InChI is InChI=1S/C20H40O5S2/c1-26(21,22)25-17-13-19-27(23,24)18-11-9-7-5-3-2-4-6-8-10-14-20-15-12-16-20/h20H,2-19H2,1H3. The van der Waals surface area contributed by atoms with E-state index in [0.717, 1.165) is 25.0 Å². The third kappa shape index (κ3) is 15.5. The Labute approximate surface area is 167 Å². The van der Waals surface area contributed by atoms with Crippen LogP contribution >= 0.6 is 0 Å². The number of unbranched alkanes of at least 4 members (excludes halogenated alkanes) is 9. The van der Waals surface area contributed by atoms with Gasteiger partial charge in [0.05, 0.1) is 24.4 Å². The molecule has 0 spiro atoms. The molecule has 0 amide bonds. The van der Waals surface area contributed by atoms with Crippen LogP contribution in [0.1, 0.15) is 96.3 Å². The van der Waals surface area contributed by atoms with Crippen molar-refractivity contribution in [3.05, 3.63) is 0 Å². The lowest BCUT2D eigenvalue weighted by atomic mass is 9.81. The van der Waals surface area contributed by atoms with Crippen LogP contribution in [0.25, 0.3) is 0 Å². The van der Waals surface area contributed by atoms with Gasteiger partial charge >= 0.3 is 0 Å². The number of rotatable bonds is 18. The first-order valence-corrected chi connectivity index (χ1v) is 14.5. The Morgan fingerprint density at radius 2 is 1.19 bits per heavy atom. The molecule has 0 unspecified atom stereocenters. The van der Waals surface area contributed by atoms with Crippen LogP contribution in [-0.2, 0) is 24.1 Å². The molecule has 0 atom stereocenters. The summed E-state index contributed by atoms with van der Waals surface area (Å²) in [6, 6.07) is 0. The summed E-state index contributed by atoms with van der Waals surface area (Å²) in [6.45, 7) is -0.0569. The molecule has 0 N–H and O–H groups in total. The second-order valence-electron chi connectivity index (χ2n) is 8.15. The monoisotopic (exact) mass is 424 g/mol. The minimum Gasteiger partial charge on any atom is -0.270 e. The fourth-order valence-corrected chi connectivity index (χ4v) is 5.37. The van der Waals surface area contributed by atoms with Crippen molar-refractivity contribution >= 4 is 20.0 Å². The summed E-state index contributed by atoms with van der Waals surface area (Å²) in [5, 5.41) is 0. The van der Waals surface area contributed by atoms with Gasteiger partial charge in [-0.05, 0) is 18.8 Å². The lowest BCUT2D eigenvalue weighted by molar-refractivity contribution is 0.286. The summed E-state index contributed by atoms with van der Waals surface area (Å²) >= 11 is 0. The maximum absolute atomic E-state index is 11.9. The lowest BCUT2D eigenvalue weighted by Crippen LogP contribution is -2.14. The van der Waals surface area contributed by atoms with Crippen molar-refractivity contribution in [2.75, 3.05) is 24.4 Å². The molecule has 0 aromatic rings. The first-order chi connectivity index (χ1) is 12.8. The van der Waals surface area contributed by atoms with Gasteiger partial charge in [-0.2, -0.15) is 8.42 Å². The van der Waals surface area contributed by atoms with Crippen molar-refractivity contribution in [2.24, 2.45) is 5.92 Å². The third-order valence-electron chi connectivity index (χ3n) is 5.44. The Balaban J connectivity index is 1.82. The van der Waals surface area contributed by atoms with Crippen molar-refractivity contribution in [3.63, 3.8) is 0 Å². The molecule has 0 heterocycles. The summed E-state index contributed by atoms with van der Waals surface area (Å²) in [4.78, 5) is 0. The van der Waals surface area contributed by atoms with Crippen LogP contribution in [0.15, 0.2) is 0 Å². The van der Waals surface area contributed by atoms with Crippen molar-refractivity contribution in [3.8, 4) is 0 Å². The van der Waals surface area contributed by atoms with E-state index >= 15 is 0 Å². The zero-order chi connectivity index (χ0) is 20.0. The van der Waals surface area contributed by atoms with Gasteiger partial charge in [-0.3, -0.25) is 4.18 Å². The molecule has 1 rings (SSSR count). The Morgan fingerprint density at radius 1 is 0.704 bits per heavy atom. The van der Waals surface area contributed by atoms with Gasteiger partial charge in [-0.25, -0.2) is 8.42 Å². The van der Waals surface area contributed by atoms with Gasteiger partial charge in [0.2, 0.25) is 0 Å². The highest BCUT2D eigenvalue weighted by atomic mass is 32.2. The number of sulfone groups is 1. The van der Waals surface area contributed by atoms with Crippen LogP contribution in [0, 0.1) is 5.92 Å². The summed E-state index contributed by atoms with van der Waals surface area (Å²) in [5.74, 6) is 1.26. The van der Waals surface area contributed by atoms with Gasteiger partial charge in [-0.15, -0.1) is 0 Å². The second-order valence-corrected chi connectivity index (χ2v) is 12.1. The summed E-state index contributed by atoms with van der Waals surface area (Å²) in [5.41, 5.74) is 0. The maximum Gasteiger partial charge on any atom is 0.264 e. The quantitative estimate of drug-likeness (QED) is 0.232. The minimum absolute atomic E-state index is 0.00324. The molecular formula is C20H40O5S2. The number of hydrogen-bond acceptors (Lipinski definition) is 5. The summed E-state index contributed by atoms with van der Waals surface area (Å²) in [7, 11) is -6.57.